The molecule has 2 rings (SSSR count). The first-order valence-corrected chi connectivity index (χ1v) is 7.24. The van der Waals surface area contributed by atoms with Crippen LogP contribution in [0.25, 0.3) is 0 Å². The summed E-state index contributed by atoms with van der Waals surface area (Å²) in [4.78, 5) is 29.7. The number of nitrogens with zero attached hydrogens (tertiary/aromatic N) is 1. The fourth-order valence-electron chi connectivity index (χ4n) is 1.88. The highest BCUT2D eigenvalue weighted by molar-refractivity contribution is 6.14. The summed E-state index contributed by atoms with van der Waals surface area (Å²) in [5, 5.41) is 35.9. The molecule has 0 saturated carbocycles. The zero-order valence-corrected chi connectivity index (χ0v) is 13.1. The lowest BCUT2D eigenvalue weighted by Gasteiger charge is -2.09. The molecule has 0 aromatic carbocycles. The minimum Gasteiger partial charge on any atom is -0.480 e. The van der Waals surface area contributed by atoms with Crippen molar-refractivity contribution in [2.45, 2.75) is 37.5 Å². The van der Waals surface area contributed by atoms with Crippen molar-refractivity contribution in [2.24, 2.45) is 5.73 Å². The van der Waals surface area contributed by atoms with Gasteiger partial charge in [0.25, 0.3) is 0 Å². The predicted octanol–water partition coefficient (Wildman–Crippen LogP) is -1.49. The van der Waals surface area contributed by atoms with Gasteiger partial charge in [-0.15, -0.1) is 0 Å². The Labute approximate surface area is 137 Å². The highest BCUT2D eigenvalue weighted by Gasteiger charge is 2.29. The van der Waals surface area contributed by atoms with E-state index >= 15 is 0 Å². The van der Waals surface area contributed by atoms with Crippen LogP contribution in [-0.2, 0) is 14.4 Å². The molecule has 0 aliphatic carbocycles. The lowest BCUT2D eigenvalue weighted by atomic mass is 10.2. The molecule has 3 atom stereocenters. The first-order valence-electron chi connectivity index (χ1n) is 6.90. The van der Waals surface area contributed by atoms with Crippen LogP contribution in [0.15, 0.2) is 0 Å². The van der Waals surface area contributed by atoms with E-state index in [4.69, 9.17) is 32.2 Å². The maximum atomic E-state index is 10.3. The molecule has 0 unspecified atom stereocenters. The van der Waals surface area contributed by atoms with Crippen LogP contribution < -0.4 is 11.1 Å². The number of β-amino-alcohol motifs (C(OH)–C–C–N with tert-alkyl or cyclic N) is 1. The summed E-state index contributed by atoms with van der Waals surface area (Å²) in [6.45, 7) is 0.815. The summed E-state index contributed by atoms with van der Waals surface area (Å²) in [6, 6.07) is -0.994. The van der Waals surface area contributed by atoms with E-state index in [-0.39, 0.29) is 6.54 Å². The Bertz CT molecular complexity index is 410. The quantitative estimate of drug-likeness (QED) is 0.327. The molecule has 0 aromatic heterocycles. The molecule has 23 heavy (non-hydrogen) atoms. The van der Waals surface area contributed by atoms with Gasteiger partial charge < -0.3 is 31.5 Å². The van der Waals surface area contributed by atoms with Crippen molar-refractivity contribution in [2.75, 3.05) is 19.6 Å². The lowest BCUT2D eigenvalue weighted by Crippen LogP contribution is -2.29. The number of hydrogen-bond donors (Lipinski definition) is 6. The normalized spacial score (nSPS) is 26.5. The van der Waals surface area contributed by atoms with Crippen LogP contribution in [0.4, 0.5) is 0 Å². The fraction of sp³-hybridized carbons (Fsp3) is 0.750. The zero-order chi connectivity index (χ0) is 18.0. The van der Waals surface area contributed by atoms with E-state index in [0.717, 1.165) is 6.42 Å². The number of hydrogen-bond acceptors (Lipinski definition) is 7. The molecule has 0 radical (unpaired) electrons. The van der Waals surface area contributed by atoms with Gasteiger partial charge in [-0.2, -0.15) is 0 Å². The first kappa shape index (κ1) is 21.5. The summed E-state index contributed by atoms with van der Waals surface area (Å²) in [5.74, 6) is -2.67. The van der Waals surface area contributed by atoms with E-state index in [1.54, 1.807) is 0 Å². The Hall–Kier alpha value is -1.46. The minimum absolute atomic E-state index is 0.278. The van der Waals surface area contributed by atoms with Crippen LogP contribution in [0.1, 0.15) is 19.3 Å². The molecule has 2 aliphatic rings. The van der Waals surface area contributed by atoms with Crippen molar-refractivity contribution in [1.82, 2.24) is 9.74 Å². The van der Waals surface area contributed by atoms with E-state index < -0.39 is 36.1 Å². The van der Waals surface area contributed by atoms with Gasteiger partial charge in [0, 0.05) is 19.5 Å². The number of carbonyl (C=O) groups is 3. The summed E-state index contributed by atoms with van der Waals surface area (Å²) < 4.78 is 1.35. The number of carboxylic acid groups (broad SMARTS) is 3. The van der Waals surface area contributed by atoms with E-state index in [1.165, 1.54) is 4.42 Å². The number of aliphatic hydroxyl groups excluding tert-OH is 1. The van der Waals surface area contributed by atoms with Crippen LogP contribution in [0.2, 0.25) is 0 Å². The van der Waals surface area contributed by atoms with Gasteiger partial charge >= 0.3 is 17.9 Å². The molecule has 0 spiro atoms. The Morgan fingerprint density at radius 3 is 1.96 bits per heavy atom. The second kappa shape index (κ2) is 11.1. The molecule has 2 aliphatic heterocycles. The third-order valence-corrected chi connectivity index (χ3v) is 3.46. The first-order chi connectivity index (χ1) is 10.7. The molecule has 10 nitrogen and oxygen atoms in total. The highest BCUT2D eigenvalue weighted by atomic mass is 35.5. The van der Waals surface area contributed by atoms with Crippen LogP contribution in [0, 0.1) is 0 Å². The topological polar surface area (TPSA) is 173 Å². The molecule has 0 amide bonds. The van der Waals surface area contributed by atoms with Gasteiger partial charge in [0.1, 0.15) is 12.1 Å². The number of rotatable bonds is 3. The highest BCUT2D eigenvalue weighted by Crippen LogP contribution is 2.18. The van der Waals surface area contributed by atoms with Gasteiger partial charge in [-0.3, -0.25) is 14.4 Å². The monoisotopic (exact) mass is 355 g/mol. The van der Waals surface area contributed by atoms with Crippen molar-refractivity contribution in [1.29, 1.82) is 0 Å². The van der Waals surface area contributed by atoms with Gasteiger partial charge in [0.2, 0.25) is 0 Å². The maximum absolute atomic E-state index is 10.3. The lowest BCUT2D eigenvalue weighted by molar-refractivity contribution is -0.141. The predicted molar refractivity (Wildman–Crippen MR) is 80.0 cm³/mol. The molecule has 0 bridgehead atoms. The fourth-order valence-corrected chi connectivity index (χ4v) is 2.18. The van der Waals surface area contributed by atoms with Gasteiger partial charge in [-0.1, -0.05) is 0 Å². The van der Waals surface area contributed by atoms with Crippen LogP contribution in [-0.4, -0.2) is 80.6 Å². The summed E-state index contributed by atoms with van der Waals surface area (Å²) in [6.07, 6.45) is 1.42. The van der Waals surface area contributed by atoms with E-state index in [1.807, 2.05) is 0 Å². The van der Waals surface area contributed by atoms with Gasteiger partial charge in [0.05, 0.1) is 12.6 Å². The second-order valence-electron chi connectivity index (χ2n) is 4.91. The van der Waals surface area contributed by atoms with Gasteiger partial charge in [-0.25, -0.2) is 4.42 Å². The van der Waals surface area contributed by atoms with Crippen molar-refractivity contribution in [3.8, 4) is 0 Å². The summed E-state index contributed by atoms with van der Waals surface area (Å²) in [5.41, 5.74) is 4.57. The summed E-state index contributed by atoms with van der Waals surface area (Å²) >= 11 is 5.53. The number of nitrogens with two attached hydrogens (primary N) is 1. The molecule has 0 aromatic rings. The average molecular weight is 356 g/mol. The molecule has 134 valence electrons. The third-order valence-electron chi connectivity index (χ3n) is 3.05. The zero-order valence-electron chi connectivity index (χ0n) is 12.4. The van der Waals surface area contributed by atoms with Gasteiger partial charge in [0.15, 0.2) is 0 Å². The largest absolute Gasteiger partial charge is 0.480 e. The summed E-state index contributed by atoms with van der Waals surface area (Å²) in [7, 11) is 0. The molecule has 2 fully saturated rings. The molecule has 2 saturated heterocycles. The Balaban J connectivity index is 0.000000332. The minimum atomic E-state index is -0.968. The maximum Gasteiger partial charge on any atom is 0.322 e. The molecule has 11 heteroatoms. The molecular weight excluding hydrogens is 334 g/mol. The van der Waals surface area contributed by atoms with Crippen LogP contribution >= 0.6 is 11.8 Å². The second-order valence-corrected chi connectivity index (χ2v) is 5.34. The number of halogens is 1. The smallest absolute Gasteiger partial charge is 0.322 e. The Morgan fingerprint density at radius 1 is 1.22 bits per heavy atom. The van der Waals surface area contributed by atoms with Crippen LogP contribution in [0.5, 0.6) is 0 Å². The number of nitrogens with one attached hydrogen (secondary N) is 1. The third kappa shape index (κ3) is 9.31. The number of carboxylic acids is 3. The van der Waals surface area contributed by atoms with Gasteiger partial charge in [-0.05, 0) is 24.6 Å². The van der Waals surface area contributed by atoms with Crippen LogP contribution in [0.3, 0.4) is 0 Å². The molecular formula is C12H22ClN3O7. The Morgan fingerprint density at radius 2 is 1.78 bits per heavy atom. The van der Waals surface area contributed by atoms with Crippen molar-refractivity contribution < 1.29 is 34.8 Å². The van der Waals surface area contributed by atoms with E-state index in [0.29, 0.717) is 25.9 Å². The van der Waals surface area contributed by atoms with Crippen molar-refractivity contribution in [3.05, 3.63) is 0 Å². The number of aliphatic hydroxyl groups is 1. The standard InChI is InChI=1S/C5H8ClNO2.C5H9NO3.C2H5NO2/c6-7-3-1-2-4(7)5(8)9;7-3-1-4(5(8)9)6-2-3;3-1-2(4)5/h4H,1-3H2,(H,8,9);3-4,6-7H,1-2H2,(H,8,9);1,3H2,(H,4,5)/t4-;3-,4+;/m01./s1. The Kier molecular flexibility index (Phi) is 10.4. The SMILES string of the molecule is NCC(=O)O.O=C(O)[C@@H]1CCCN1Cl.O=C(O)[C@@H]1C[C@@H](O)CN1. The van der Waals surface area contributed by atoms with E-state index in [2.05, 4.69) is 11.1 Å². The van der Waals surface area contributed by atoms with Crippen molar-refractivity contribution in [3.63, 3.8) is 0 Å². The number of aliphatic carboxylic acids is 3. The van der Waals surface area contributed by atoms with E-state index in [9.17, 15) is 14.4 Å². The molecule has 7 N–H and O–H groups in total. The molecule has 2 heterocycles. The van der Waals surface area contributed by atoms with Crippen molar-refractivity contribution >= 4 is 29.7 Å². The average Bonchev–Trinajstić information content (AvgIpc) is 3.08.